The fraction of sp³-hybridized carbons (Fsp3) is 0.333. The first-order valence-electron chi connectivity index (χ1n) is 7.10. The van der Waals surface area contributed by atoms with E-state index in [2.05, 4.69) is 74.8 Å². The van der Waals surface area contributed by atoms with E-state index in [0.29, 0.717) is 0 Å². The minimum Gasteiger partial charge on any atom is -0.307 e. The highest BCUT2D eigenvalue weighted by Crippen LogP contribution is 2.27. The molecule has 0 radical (unpaired) electrons. The van der Waals surface area contributed by atoms with Gasteiger partial charge in [-0.3, -0.25) is 0 Å². The van der Waals surface area contributed by atoms with Crippen LogP contribution in [0.5, 0.6) is 0 Å². The van der Waals surface area contributed by atoms with Gasteiger partial charge in [0.2, 0.25) is 0 Å². The number of thioether (sulfide) groups is 1. The Morgan fingerprint density at radius 1 is 1.05 bits per heavy atom. The molecular weight excluding hydrogens is 262 g/mol. The summed E-state index contributed by atoms with van der Waals surface area (Å²) in [6.45, 7) is 7.51. The maximum Gasteiger partial charge on any atom is 0.0579 e. The molecule has 0 heterocycles. The molecule has 1 unspecified atom stereocenters. The molecule has 0 spiro atoms. The molecule has 0 aromatic heterocycles. The summed E-state index contributed by atoms with van der Waals surface area (Å²) in [5.41, 5.74) is 5.45. The molecule has 2 heteroatoms. The lowest BCUT2D eigenvalue weighted by molar-refractivity contribution is 0.627. The Labute approximate surface area is 126 Å². The third kappa shape index (κ3) is 3.25. The number of aryl methyl sites for hydroxylation is 1. The van der Waals surface area contributed by atoms with Crippen molar-refractivity contribution in [2.24, 2.45) is 0 Å². The van der Waals surface area contributed by atoms with Crippen LogP contribution in [0.15, 0.2) is 47.4 Å². The average molecular weight is 285 g/mol. The van der Waals surface area contributed by atoms with Crippen LogP contribution in [0, 0.1) is 13.8 Å². The zero-order valence-electron chi connectivity index (χ0n) is 12.7. The van der Waals surface area contributed by atoms with Gasteiger partial charge in [-0.1, -0.05) is 37.3 Å². The maximum absolute atomic E-state index is 3.61. The topological polar surface area (TPSA) is 12.0 Å². The summed E-state index contributed by atoms with van der Waals surface area (Å²) in [5.74, 6) is 0. The first-order valence-corrected chi connectivity index (χ1v) is 8.33. The van der Waals surface area contributed by atoms with Crippen molar-refractivity contribution in [3.63, 3.8) is 0 Å². The molecule has 106 valence electrons. The molecule has 20 heavy (non-hydrogen) atoms. The Kier molecular flexibility index (Phi) is 5.27. The Balaban J connectivity index is 2.41. The molecule has 0 aliphatic carbocycles. The van der Waals surface area contributed by atoms with Crippen LogP contribution in [-0.2, 0) is 0 Å². The number of hydrogen-bond acceptors (Lipinski definition) is 2. The molecular formula is C18H23NS. The fourth-order valence-corrected chi connectivity index (χ4v) is 2.90. The van der Waals surface area contributed by atoms with Gasteiger partial charge in [-0.05, 0) is 61.0 Å². The molecule has 2 aromatic rings. The zero-order chi connectivity index (χ0) is 14.5. The van der Waals surface area contributed by atoms with E-state index in [0.717, 1.165) is 6.54 Å². The van der Waals surface area contributed by atoms with E-state index in [9.17, 15) is 0 Å². The molecule has 0 saturated carbocycles. The smallest absolute Gasteiger partial charge is 0.0579 e. The van der Waals surface area contributed by atoms with Crippen LogP contribution in [0.3, 0.4) is 0 Å². The molecule has 0 aliphatic heterocycles. The predicted octanol–water partition coefficient (Wildman–Crippen LogP) is 4.72. The SMILES string of the molecule is CCNC(c1ccc(SC)cc1)c1cccc(C)c1C. The van der Waals surface area contributed by atoms with Gasteiger partial charge in [0, 0.05) is 4.90 Å². The summed E-state index contributed by atoms with van der Waals surface area (Å²) in [4.78, 5) is 1.31. The van der Waals surface area contributed by atoms with E-state index in [1.807, 2.05) is 0 Å². The summed E-state index contributed by atoms with van der Waals surface area (Å²) in [6.07, 6.45) is 2.11. The van der Waals surface area contributed by atoms with Crippen molar-refractivity contribution >= 4 is 11.8 Å². The van der Waals surface area contributed by atoms with Crippen molar-refractivity contribution in [2.75, 3.05) is 12.8 Å². The van der Waals surface area contributed by atoms with Crippen LogP contribution < -0.4 is 5.32 Å². The molecule has 1 N–H and O–H groups in total. The maximum atomic E-state index is 3.61. The van der Waals surface area contributed by atoms with Crippen LogP contribution >= 0.6 is 11.8 Å². The lowest BCUT2D eigenvalue weighted by Gasteiger charge is -2.22. The highest BCUT2D eigenvalue weighted by atomic mass is 32.2. The third-order valence-corrected chi connectivity index (χ3v) is 4.56. The van der Waals surface area contributed by atoms with E-state index >= 15 is 0 Å². The number of hydrogen-bond donors (Lipinski definition) is 1. The van der Waals surface area contributed by atoms with Crippen molar-refractivity contribution in [3.8, 4) is 0 Å². The number of rotatable bonds is 5. The number of benzene rings is 2. The lowest BCUT2D eigenvalue weighted by Crippen LogP contribution is -2.23. The van der Waals surface area contributed by atoms with Gasteiger partial charge in [0.25, 0.3) is 0 Å². The van der Waals surface area contributed by atoms with E-state index in [1.54, 1.807) is 11.8 Å². The first kappa shape index (κ1) is 15.1. The van der Waals surface area contributed by atoms with Crippen molar-refractivity contribution < 1.29 is 0 Å². The molecule has 0 bridgehead atoms. The number of nitrogens with one attached hydrogen (secondary N) is 1. The summed E-state index contributed by atoms with van der Waals surface area (Å²) < 4.78 is 0. The Bertz CT molecular complexity index is 560. The van der Waals surface area contributed by atoms with E-state index in [4.69, 9.17) is 0 Å². The summed E-state index contributed by atoms with van der Waals surface area (Å²) >= 11 is 1.78. The van der Waals surface area contributed by atoms with Gasteiger partial charge >= 0.3 is 0 Å². The highest BCUT2D eigenvalue weighted by Gasteiger charge is 2.15. The second-order valence-electron chi connectivity index (χ2n) is 5.05. The van der Waals surface area contributed by atoms with Crippen molar-refractivity contribution in [1.29, 1.82) is 0 Å². The van der Waals surface area contributed by atoms with E-state index < -0.39 is 0 Å². The monoisotopic (exact) mass is 285 g/mol. The molecule has 1 atom stereocenters. The molecule has 0 amide bonds. The average Bonchev–Trinajstić information content (AvgIpc) is 2.48. The van der Waals surface area contributed by atoms with Crippen molar-refractivity contribution in [3.05, 3.63) is 64.7 Å². The van der Waals surface area contributed by atoms with Gasteiger partial charge in [0.1, 0.15) is 0 Å². The Morgan fingerprint density at radius 2 is 1.75 bits per heavy atom. The van der Waals surface area contributed by atoms with Crippen LogP contribution in [0.4, 0.5) is 0 Å². The molecule has 0 fully saturated rings. The van der Waals surface area contributed by atoms with Gasteiger partial charge in [0.15, 0.2) is 0 Å². The first-order chi connectivity index (χ1) is 9.67. The highest BCUT2D eigenvalue weighted by molar-refractivity contribution is 7.98. The minimum atomic E-state index is 0.274. The predicted molar refractivity (Wildman–Crippen MR) is 89.7 cm³/mol. The minimum absolute atomic E-state index is 0.274. The molecule has 1 nitrogen and oxygen atoms in total. The fourth-order valence-electron chi connectivity index (χ4n) is 2.49. The molecule has 2 rings (SSSR count). The normalized spacial score (nSPS) is 12.4. The van der Waals surface area contributed by atoms with E-state index in [-0.39, 0.29) is 6.04 Å². The standard InChI is InChI=1S/C18H23NS/c1-5-19-18(15-9-11-16(20-4)12-10-15)17-8-6-7-13(2)14(17)3/h6-12,18-19H,5H2,1-4H3. The van der Waals surface area contributed by atoms with Gasteiger partial charge in [-0.25, -0.2) is 0 Å². The van der Waals surface area contributed by atoms with Gasteiger partial charge in [0.05, 0.1) is 6.04 Å². The Morgan fingerprint density at radius 3 is 2.35 bits per heavy atom. The quantitative estimate of drug-likeness (QED) is 0.797. The van der Waals surface area contributed by atoms with Crippen LogP contribution in [0.25, 0.3) is 0 Å². The molecule has 0 aliphatic rings. The zero-order valence-corrected chi connectivity index (χ0v) is 13.6. The van der Waals surface area contributed by atoms with Crippen molar-refractivity contribution in [2.45, 2.75) is 31.7 Å². The second kappa shape index (κ2) is 6.96. The third-order valence-electron chi connectivity index (χ3n) is 3.81. The summed E-state index contributed by atoms with van der Waals surface area (Å²) in [7, 11) is 0. The molecule has 2 aromatic carbocycles. The van der Waals surface area contributed by atoms with Crippen LogP contribution in [-0.4, -0.2) is 12.8 Å². The largest absolute Gasteiger partial charge is 0.307 e. The van der Waals surface area contributed by atoms with E-state index in [1.165, 1.54) is 27.1 Å². The van der Waals surface area contributed by atoms with Crippen LogP contribution in [0.1, 0.15) is 35.2 Å². The van der Waals surface area contributed by atoms with Gasteiger partial charge in [-0.15, -0.1) is 11.8 Å². The van der Waals surface area contributed by atoms with Crippen molar-refractivity contribution in [1.82, 2.24) is 5.32 Å². The summed E-state index contributed by atoms with van der Waals surface area (Å²) in [6, 6.07) is 15.7. The van der Waals surface area contributed by atoms with Gasteiger partial charge in [-0.2, -0.15) is 0 Å². The second-order valence-corrected chi connectivity index (χ2v) is 5.93. The van der Waals surface area contributed by atoms with Gasteiger partial charge < -0.3 is 5.32 Å². The molecule has 0 saturated heterocycles. The lowest BCUT2D eigenvalue weighted by atomic mass is 9.92. The summed E-state index contributed by atoms with van der Waals surface area (Å²) in [5, 5.41) is 3.61. The van der Waals surface area contributed by atoms with Crippen LogP contribution in [0.2, 0.25) is 0 Å². The Hall–Kier alpha value is -1.25.